The van der Waals surface area contributed by atoms with Crippen LogP contribution in [0.5, 0.6) is 5.75 Å². The van der Waals surface area contributed by atoms with Crippen LogP contribution in [0.25, 0.3) is 0 Å². The zero-order valence-electron chi connectivity index (χ0n) is 10.1. The van der Waals surface area contributed by atoms with Crippen molar-refractivity contribution >= 4 is 17.5 Å². The number of carbonyl (C=O) groups is 1. The summed E-state index contributed by atoms with van der Waals surface area (Å²) in [4.78, 5) is 11.7. The molecule has 2 rings (SSSR count). The van der Waals surface area contributed by atoms with Crippen molar-refractivity contribution in [2.24, 2.45) is 7.05 Å². The van der Waals surface area contributed by atoms with Crippen LogP contribution in [0.2, 0.25) is 0 Å². The van der Waals surface area contributed by atoms with Gasteiger partial charge in [0.05, 0.1) is 6.20 Å². The molecule has 18 heavy (non-hydrogen) atoms. The van der Waals surface area contributed by atoms with Crippen LogP contribution >= 0.6 is 0 Å². The van der Waals surface area contributed by atoms with E-state index >= 15 is 0 Å². The average molecular weight is 246 g/mol. The van der Waals surface area contributed by atoms with E-state index in [0.29, 0.717) is 11.5 Å². The first-order valence-corrected chi connectivity index (χ1v) is 5.42. The predicted octanol–water partition coefficient (Wildman–Crippen LogP) is 2.08. The first-order chi connectivity index (χ1) is 8.56. The lowest BCUT2D eigenvalue weighted by molar-refractivity contribution is 0.262. The predicted molar refractivity (Wildman–Crippen MR) is 68.7 cm³/mol. The quantitative estimate of drug-likeness (QED) is 0.710. The molecule has 0 aliphatic carbocycles. The smallest absolute Gasteiger partial charge is 0.324 e. The van der Waals surface area contributed by atoms with E-state index < -0.39 is 0 Å². The largest absolute Gasteiger partial charge is 0.508 e. The van der Waals surface area contributed by atoms with Crippen LogP contribution in [0, 0.1) is 6.92 Å². The maximum atomic E-state index is 11.7. The molecule has 1 aromatic heterocycles. The number of nitrogens with zero attached hydrogens (tertiary/aromatic N) is 2. The van der Waals surface area contributed by atoms with E-state index in [9.17, 15) is 9.90 Å². The Labute approximate surface area is 104 Å². The van der Waals surface area contributed by atoms with Crippen molar-refractivity contribution in [2.45, 2.75) is 6.92 Å². The van der Waals surface area contributed by atoms with Crippen LogP contribution in [-0.4, -0.2) is 20.9 Å². The van der Waals surface area contributed by atoms with Crippen LogP contribution in [-0.2, 0) is 7.05 Å². The van der Waals surface area contributed by atoms with Gasteiger partial charge >= 0.3 is 6.03 Å². The van der Waals surface area contributed by atoms with Gasteiger partial charge in [0.1, 0.15) is 11.6 Å². The number of anilines is 2. The third-order valence-corrected chi connectivity index (χ3v) is 2.52. The Morgan fingerprint density at radius 1 is 1.33 bits per heavy atom. The molecule has 0 aliphatic heterocycles. The second-order valence-corrected chi connectivity index (χ2v) is 3.92. The Balaban J connectivity index is 2.05. The summed E-state index contributed by atoms with van der Waals surface area (Å²) in [6, 6.07) is 6.09. The lowest BCUT2D eigenvalue weighted by atomic mass is 10.2. The number of phenolic OH excluding ortho intramolecular Hbond substituents is 1. The van der Waals surface area contributed by atoms with Gasteiger partial charge < -0.3 is 10.4 Å². The molecule has 1 aromatic carbocycles. The fraction of sp³-hybridized carbons (Fsp3) is 0.167. The Kier molecular flexibility index (Phi) is 3.18. The van der Waals surface area contributed by atoms with Gasteiger partial charge in [-0.3, -0.25) is 10.00 Å². The summed E-state index contributed by atoms with van der Waals surface area (Å²) in [5.74, 6) is 0.772. The number of aromatic hydroxyl groups is 1. The Hall–Kier alpha value is -2.50. The van der Waals surface area contributed by atoms with E-state index in [1.165, 1.54) is 6.07 Å². The summed E-state index contributed by atoms with van der Waals surface area (Å²) in [6.07, 6.45) is 1.60. The molecule has 0 unspecified atom stereocenters. The first-order valence-electron chi connectivity index (χ1n) is 5.42. The SMILES string of the molecule is Cc1cc(O)ccc1NC(=O)Nc1ccnn1C. The van der Waals surface area contributed by atoms with Gasteiger partial charge in [-0.2, -0.15) is 5.10 Å². The third kappa shape index (κ3) is 2.60. The van der Waals surface area contributed by atoms with Crippen molar-refractivity contribution in [2.75, 3.05) is 10.6 Å². The number of aromatic nitrogens is 2. The summed E-state index contributed by atoms with van der Waals surface area (Å²) >= 11 is 0. The maximum absolute atomic E-state index is 11.7. The van der Waals surface area contributed by atoms with Gasteiger partial charge in [-0.1, -0.05) is 0 Å². The lowest BCUT2D eigenvalue weighted by Gasteiger charge is -2.10. The number of carbonyl (C=O) groups excluding carboxylic acids is 1. The van der Waals surface area contributed by atoms with E-state index in [0.717, 1.165) is 5.56 Å². The summed E-state index contributed by atoms with van der Waals surface area (Å²) in [5, 5.41) is 18.6. The van der Waals surface area contributed by atoms with Gasteiger partial charge in [-0.05, 0) is 30.7 Å². The number of urea groups is 1. The van der Waals surface area contributed by atoms with Crippen LogP contribution in [0.3, 0.4) is 0 Å². The summed E-state index contributed by atoms with van der Waals surface area (Å²) in [5.41, 5.74) is 1.43. The molecule has 1 heterocycles. The number of hydrogen-bond donors (Lipinski definition) is 3. The monoisotopic (exact) mass is 246 g/mol. The molecule has 0 saturated heterocycles. The molecule has 0 atom stereocenters. The molecule has 0 radical (unpaired) electrons. The zero-order valence-corrected chi connectivity index (χ0v) is 10.1. The van der Waals surface area contributed by atoms with Crippen molar-refractivity contribution in [3.05, 3.63) is 36.0 Å². The minimum absolute atomic E-state index is 0.171. The molecule has 6 nitrogen and oxygen atoms in total. The highest BCUT2D eigenvalue weighted by atomic mass is 16.3. The van der Waals surface area contributed by atoms with E-state index in [1.807, 2.05) is 0 Å². The molecule has 2 amide bonds. The normalized spacial score (nSPS) is 10.1. The molecule has 3 N–H and O–H groups in total. The standard InChI is InChI=1S/C12H14N4O2/c1-8-7-9(17)3-4-10(8)14-12(18)15-11-5-6-13-16(11)2/h3-7,17H,1-2H3,(H2,14,15,18). The lowest BCUT2D eigenvalue weighted by Crippen LogP contribution is -2.21. The average Bonchev–Trinajstić information content (AvgIpc) is 2.69. The maximum Gasteiger partial charge on any atom is 0.324 e. The van der Waals surface area contributed by atoms with Crippen LogP contribution < -0.4 is 10.6 Å². The topological polar surface area (TPSA) is 79.2 Å². The van der Waals surface area contributed by atoms with Crippen molar-refractivity contribution in [1.82, 2.24) is 9.78 Å². The molecule has 2 aromatic rings. The van der Waals surface area contributed by atoms with Gasteiger partial charge in [0, 0.05) is 18.8 Å². The van der Waals surface area contributed by atoms with Crippen LogP contribution in [0.1, 0.15) is 5.56 Å². The highest BCUT2D eigenvalue weighted by molar-refractivity contribution is 5.99. The second-order valence-electron chi connectivity index (χ2n) is 3.92. The highest BCUT2D eigenvalue weighted by Crippen LogP contribution is 2.20. The van der Waals surface area contributed by atoms with Gasteiger partial charge in [0.2, 0.25) is 0 Å². The Morgan fingerprint density at radius 3 is 2.72 bits per heavy atom. The van der Waals surface area contributed by atoms with Crippen molar-refractivity contribution in [1.29, 1.82) is 0 Å². The van der Waals surface area contributed by atoms with E-state index in [-0.39, 0.29) is 11.8 Å². The highest BCUT2D eigenvalue weighted by Gasteiger charge is 2.07. The second kappa shape index (κ2) is 4.79. The molecule has 0 fully saturated rings. The van der Waals surface area contributed by atoms with E-state index in [4.69, 9.17) is 0 Å². The van der Waals surface area contributed by atoms with Crippen molar-refractivity contribution in [3.8, 4) is 5.75 Å². The summed E-state index contributed by atoms with van der Waals surface area (Å²) in [7, 11) is 1.74. The summed E-state index contributed by atoms with van der Waals surface area (Å²) < 4.78 is 1.56. The Morgan fingerprint density at radius 2 is 2.11 bits per heavy atom. The van der Waals surface area contributed by atoms with Crippen LogP contribution in [0.15, 0.2) is 30.5 Å². The number of hydrogen-bond acceptors (Lipinski definition) is 3. The fourth-order valence-corrected chi connectivity index (χ4v) is 1.55. The van der Waals surface area contributed by atoms with Gasteiger partial charge in [-0.15, -0.1) is 0 Å². The molecule has 0 saturated carbocycles. The van der Waals surface area contributed by atoms with Crippen molar-refractivity contribution in [3.63, 3.8) is 0 Å². The molecule has 0 spiro atoms. The summed E-state index contributed by atoms with van der Waals surface area (Å²) in [6.45, 7) is 1.80. The number of rotatable bonds is 2. The third-order valence-electron chi connectivity index (χ3n) is 2.52. The number of phenols is 1. The van der Waals surface area contributed by atoms with Gasteiger partial charge in [0.15, 0.2) is 0 Å². The molecule has 6 heteroatoms. The molecular weight excluding hydrogens is 232 g/mol. The molecule has 0 aliphatic rings. The van der Waals surface area contributed by atoms with Crippen molar-refractivity contribution < 1.29 is 9.90 Å². The Bertz CT molecular complexity index is 577. The van der Waals surface area contributed by atoms with E-state index in [2.05, 4.69) is 15.7 Å². The molecular formula is C12H14N4O2. The van der Waals surface area contributed by atoms with Crippen LogP contribution in [0.4, 0.5) is 16.3 Å². The number of nitrogens with one attached hydrogen (secondary N) is 2. The van der Waals surface area contributed by atoms with E-state index in [1.54, 1.807) is 43.0 Å². The molecule has 94 valence electrons. The zero-order chi connectivity index (χ0) is 13.1. The minimum Gasteiger partial charge on any atom is -0.508 e. The fourth-order valence-electron chi connectivity index (χ4n) is 1.55. The number of amides is 2. The van der Waals surface area contributed by atoms with Gasteiger partial charge in [-0.25, -0.2) is 4.79 Å². The first kappa shape index (κ1) is 12.0. The number of benzene rings is 1. The molecule has 0 bridgehead atoms. The van der Waals surface area contributed by atoms with Gasteiger partial charge in [0.25, 0.3) is 0 Å². The number of aryl methyl sites for hydroxylation is 2. The minimum atomic E-state index is -0.354.